The van der Waals surface area contributed by atoms with E-state index in [1.54, 1.807) is 19.6 Å². The van der Waals surface area contributed by atoms with Gasteiger partial charge in [0.15, 0.2) is 0 Å². The molecule has 0 aliphatic rings. The molecule has 0 saturated heterocycles. The van der Waals surface area contributed by atoms with Gasteiger partial charge in [0, 0.05) is 23.9 Å². The molecule has 0 aliphatic heterocycles. The van der Waals surface area contributed by atoms with Crippen LogP contribution in [0.2, 0.25) is 0 Å². The number of hydrogen-bond acceptors (Lipinski definition) is 5. The number of nitrogens with one attached hydrogen (secondary N) is 1. The molecule has 0 unspecified atom stereocenters. The van der Waals surface area contributed by atoms with Crippen molar-refractivity contribution in [3.8, 4) is 17.0 Å². The van der Waals surface area contributed by atoms with Crippen LogP contribution in [0.25, 0.3) is 11.3 Å². The Morgan fingerprint density at radius 1 is 1.14 bits per heavy atom. The third kappa shape index (κ3) is 3.68. The van der Waals surface area contributed by atoms with E-state index in [0.29, 0.717) is 0 Å². The number of nitrogens with zero attached hydrogens (tertiary/aromatic N) is 3. The van der Waals surface area contributed by atoms with Crippen LogP contribution in [0.4, 0.5) is 5.82 Å². The number of anilines is 1. The van der Waals surface area contributed by atoms with E-state index in [0.717, 1.165) is 54.2 Å². The first-order valence-corrected chi connectivity index (χ1v) is 7.37. The second-order valence-corrected chi connectivity index (χ2v) is 4.84. The van der Waals surface area contributed by atoms with E-state index in [4.69, 9.17) is 4.74 Å². The SMILES string of the molecule is CCCNc1ncnc(-c2cncc(OC)c2)c1CCC. The summed E-state index contributed by atoms with van der Waals surface area (Å²) in [6, 6.07) is 1.96. The van der Waals surface area contributed by atoms with E-state index in [1.807, 2.05) is 12.3 Å². The van der Waals surface area contributed by atoms with Crippen molar-refractivity contribution in [2.45, 2.75) is 33.1 Å². The van der Waals surface area contributed by atoms with Crippen molar-refractivity contribution in [3.05, 3.63) is 30.4 Å². The number of aromatic nitrogens is 3. The number of pyridine rings is 1. The summed E-state index contributed by atoms with van der Waals surface area (Å²) in [5, 5.41) is 3.38. The zero-order chi connectivity index (χ0) is 15.1. The average Bonchev–Trinajstić information content (AvgIpc) is 2.54. The van der Waals surface area contributed by atoms with Gasteiger partial charge in [-0.15, -0.1) is 0 Å². The Bertz CT molecular complexity index is 586. The maximum absolute atomic E-state index is 5.25. The summed E-state index contributed by atoms with van der Waals surface area (Å²) in [6.45, 7) is 5.20. The van der Waals surface area contributed by atoms with Gasteiger partial charge in [-0.05, 0) is 18.9 Å². The second kappa shape index (κ2) is 7.57. The van der Waals surface area contributed by atoms with Gasteiger partial charge in [-0.25, -0.2) is 9.97 Å². The molecule has 0 amide bonds. The fourth-order valence-corrected chi connectivity index (χ4v) is 2.20. The van der Waals surface area contributed by atoms with Gasteiger partial charge < -0.3 is 10.1 Å². The normalized spacial score (nSPS) is 10.4. The van der Waals surface area contributed by atoms with Crippen LogP contribution in [0.1, 0.15) is 32.3 Å². The molecule has 112 valence electrons. The molecule has 2 aromatic rings. The zero-order valence-electron chi connectivity index (χ0n) is 12.9. The molecular formula is C16H22N4O. The van der Waals surface area contributed by atoms with Gasteiger partial charge in [0.2, 0.25) is 0 Å². The van der Waals surface area contributed by atoms with Crippen molar-refractivity contribution >= 4 is 5.82 Å². The fraction of sp³-hybridized carbons (Fsp3) is 0.438. The van der Waals surface area contributed by atoms with Crippen molar-refractivity contribution in [3.63, 3.8) is 0 Å². The smallest absolute Gasteiger partial charge is 0.137 e. The van der Waals surface area contributed by atoms with Crippen LogP contribution in [-0.2, 0) is 6.42 Å². The summed E-state index contributed by atoms with van der Waals surface area (Å²) < 4.78 is 5.25. The molecule has 2 rings (SSSR count). The predicted molar refractivity (Wildman–Crippen MR) is 84.6 cm³/mol. The summed E-state index contributed by atoms with van der Waals surface area (Å²) in [7, 11) is 1.64. The van der Waals surface area contributed by atoms with Crippen LogP contribution in [0.3, 0.4) is 0 Å². The van der Waals surface area contributed by atoms with Gasteiger partial charge in [-0.3, -0.25) is 4.98 Å². The van der Waals surface area contributed by atoms with E-state index in [9.17, 15) is 0 Å². The lowest BCUT2D eigenvalue weighted by Gasteiger charge is -2.14. The molecule has 0 spiro atoms. The van der Waals surface area contributed by atoms with E-state index in [1.165, 1.54) is 0 Å². The van der Waals surface area contributed by atoms with Gasteiger partial charge in [0.05, 0.1) is 19.0 Å². The van der Waals surface area contributed by atoms with E-state index < -0.39 is 0 Å². The van der Waals surface area contributed by atoms with Crippen LogP contribution in [0.5, 0.6) is 5.75 Å². The molecule has 5 nitrogen and oxygen atoms in total. The zero-order valence-corrected chi connectivity index (χ0v) is 12.9. The third-order valence-electron chi connectivity index (χ3n) is 3.21. The van der Waals surface area contributed by atoms with Crippen molar-refractivity contribution in [1.82, 2.24) is 15.0 Å². The minimum Gasteiger partial charge on any atom is -0.495 e. The molecule has 0 saturated carbocycles. The molecule has 2 aromatic heterocycles. The third-order valence-corrected chi connectivity index (χ3v) is 3.21. The Kier molecular flexibility index (Phi) is 5.49. The van der Waals surface area contributed by atoms with Crippen LogP contribution < -0.4 is 10.1 Å². The minimum absolute atomic E-state index is 0.733. The fourth-order valence-electron chi connectivity index (χ4n) is 2.20. The Balaban J connectivity index is 2.45. The van der Waals surface area contributed by atoms with Crippen molar-refractivity contribution in [1.29, 1.82) is 0 Å². The van der Waals surface area contributed by atoms with Crippen LogP contribution in [-0.4, -0.2) is 28.6 Å². The standard InChI is InChI=1S/C16H22N4O/c1-4-6-14-15(12-8-13(21-3)10-17-9-12)19-11-20-16(14)18-7-5-2/h8-11H,4-7H2,1-3H3,(H,18,19,20). The highest BCUT2D eigenvalue weighted by Gasteiger charge is 2.13. The molecule has 1 N–H and O–H groups in total. The quantitative estimate of drug-likeness (QED) is 0.846. The summed E-state index contributed by atoms with van der Waals surface area (Å²) >= 11 is 0. The molecule has 0 aliphatic carbocycles. The number of ether oxygens (including phenoxy) is 1. The van der Waals surface area contributed by atoms with Crippen molar-refractivity contribution in [2.24, 2.45) is 0 Å². The highest BCUT2D eigenvalue weighted by Crippen LogP contribution is 2.28. The first-order valence-electron chi connectivity index (χ1n) is 7.37. The van der Waals surface area contributed by atoms with Crippen LogP contribution >= 0.6 is 0 Å². The topological polar surface area (TPSA) is 59.9 Å². The van der Waals surface area contributed by atoms with Crippen molar-refractivity contribution < 1.29 is 4.74 Å². The summed E-state index contributed by atoms with van der Waals surface area (Å²) in [5.74, 6) is 1.66. The Hall–Kier alpha value is -2.17. The van der Waals surface area contributed by atoms with Gasteiger partial charge in [0.1, 0.15) is 17.9 Å². The monoisotopic (exact) mass is 286 g/mol. The first-order chi connectivity index (χ1) is 10.3. The first kappa shape index (κ1) is 15.2. The van der Waals surface area contributed by atoms with Gasteiger partial charge in [-0.2, -0.15) is 0 Å². The minimum atomic E-state index is 0.733. The number of methoxy groups -OCH3 is 1. The predicted octanol–water partition coefficient (Wildman–Crippen LogP) is 3.32. The van der Waals surface area contributed by atoms with E-state index in [2.05, 4.69) is 34.1 Å². The van der Waals surface area contributed by atoms with Crippen molar-refractivity contribution in [2.75, 3.05) is 19.0 Å². The van der Waals surface area contributed by atoms with Crippen LogP contribution in [0.15, 0.2) is 24.8 Å². The van der Waals surface area contributed by atoms with Gasteiger partial charge in [-0.1, -0.05) is 20.3 Å². The van der Waals surface area contributed by atoms with Gasteiger partial charge in [0.25, 0.3) is 0 Å². The molecule has 5 heteroatoms. The highest BCUT2D eigenvalue weighted by atomic mass is 16.5. The lowest BCUT2D eigenvalue weighted by atomic mass is 10.0. The summed E-state index contributed by atoms with van der Waals surface area (Å²) in [6.07, 6.45) is 8.14. The Morgan fingerprint density at radius 3 is 2.71 bits per heavy atom. The molecule has 0 aromatic carbocycles. The molecule has 21 heavy (non-hydrogen) atoms. The van der Waals surface area contributed by atoms with E-state index >= 15 is 0 Å². The lowest BCUT2D eigenvalue weighted by Crippen LogP contribution is -2.08. The maximum atomic E-state index is 5.25. The molecule has 2 heterocycles. The van der Waals surface area contributed by atoms with Crippen LogP contribution in [0, 0.1) is 0 Å². The largest absolute Gasteiger partial charge is 0.495 e. The molecular weight excluding hydrogens is 264 g/mol. The number of rotatable bonds is 7. The lowest BCUT2D eigenvalue weighted by molar-refractivity contribution is 0.413. The molecule has 0 bridgehead atoms. The summed E-state index contributed by atoms with van der Waals surface area (Å²) in [4.78, 5) is 13.1. The maximum Gasteiger partial charge on any atom is 0.137 e. The Morgan fingerprint density at radius 2 is 2.00 bits per heavy atom. The second-order valence-electron chi connectivity index (χ2n) is 4.84. The number of hydrogen-bond donors (Lipinski definition) is 1. The van der Waals surface area contributed by atoms with Gasteiger partial charge >= 0.3 is 0 Å². The van der Waals surface area contributed by atoms with E-state index in [-0.39, 0.29) is 0 Å². The molecule has 0 fully saturated rings. The Labute approximate surface area is 125 Å². The average molecular weight is 286 g/mol. The highest BCUT2D eigenvalue weighted by molar-refractivity contribution is 5.68. The molecule has 0 atom stereocenters. The summed E-state index contributed by atoms with van der Waals surface area (Å²) in [5.41, 5.74) is 3.03. The molecule has 0 radical (unpaired) electrons.